The number of rotatable bonds is 5. The minimum atomic E-state index is -4.19. The van der Waals surface area contributed by atoms with Gasteiger partial charge in [-0.05, 0) is 61.0 Å². The summed E-state index contributed by atoms with van der Waals surface area (Å²) in [5.74, 6) is 0.311. The molecule has 0 saturated heterocycles. The number of benzene rings is 2. The largest absolute Gasteiger partial charge is 0.438 e. The molecule has 0 unspecified atom stereocenters. The monoisotopic (exact) mass is 521 g/mol. The minimum absolute atomic E-state index is 0.0753. The van der Waals surface area contributed by atoms with Crippen LogP contribution in [0.5, 0.6) is 11.6 Å². The van der Waals surface area contributed by atoms with Gasteiger partial charge in [0, 0.05) is 10.7 Å². The third kappa shape index (κ3) is 4.44. The first-order valence-corrected chi connectivity index (χ1v) is 12.0. The van der Waals surface area contributed by atoms with Crippen molar-refractivity contribution < 1.29 is 13.2 Å². The molecular formula is C24H16BrN3O4S. The van der Waals surface area contributed by atoms with Crippen LogP contribution in [-0.4, -0.2) is 17.8 Å². The molecule has 4 rings (SSSR count). The molecule has 0 aliphatic heterocycles. The normalized spacial score (nSPS) is 11.8. The number of hydrogen-bond acceptors (Lipinski definition) is 6. The first-order chi connectivity index (χ1) is 15.8. The van der Waals surface area contributed by atoms with E-state index in [0.717, 1.165) is 11.6 Å². The van der Waals surface area contributed by atoms with Crippen molar-refractivity contribution in [2.24, 2.45) is 0 Å². The molecule has 0 fully saturated rings. The fraction of sp³-hybridized carbons (Fsp3) is 0.0417. The van der Waals surface area contributed by atoms with Crippen LogP contribution < -0.4 is 10.3 Å². The molecule has 0 spiro atoms. The standard InChI is InChI=1S/C24H16BrN3O4S/c1-16-6-5-13-28-22(16)27-23(32-18-7-3-2-4-8-18)21(24(28)29)14-20(15-26)33(30,31)19-11-9-17(25)10-12-19/h2-14H,1H3/b20-14+. The van der Waals surface area contributed by atoms with Gasteiger partial charge in [-0.15, -0.1) is 0 Å². The van der Waals surface area contributed by atoms with Gasteiger partial charge in [-0.25, -0.2) is 8.42 Å². The Bertz CT molecular complexity index is 1590. The van der Waals surface area contributed by atoms with Gasteiger partial charge in [0.15, 0.2) is 0 Å². The average molecular weight is 522 g/mol. The van der Waals surface area contributed by atoms with Crippen molar-refractivity contribution in [2.75, 3.05) is 0 Å². The van der Waals surface area contributed by atoms with Crippen molar-refractivity contribution in [1.29, 1.82) is 5.26 Å². The van der Waals surface area contributed by atoms with E-state index in [-0.39, 0.29) is 16.3 Å². The summed E-state index contributed by atoms with van der Waals surface area (Å²) in [6.45, 7) is 1.79. The second-order valence-electron chi connectivity index (χ2n) is 7.01. The van der Waals surface area contributed by atoms with Crippen LogP contribution in [0, 0.1) is 18.3 Å². The van der Waals surface area contributed by atoms with Crippen molar-refractivity contribution in [2.45, 2.75) is 11.8 Å². The number of nitriles is 1. The summed E-state index contributed by atoms with van der Waals surface area (Å²) >= 11 is 3.26. The third-order valence-corrected chi connectivity index (χ3v) is 7.02. The molecule has 0 saturated carbocycles. The zero-order valence-corrected chi connectivity index (χ0v) is 19.7. The predicted octanol–water partition coefficient (Wildman–Crippen LogP) is 4.90. The van der Waals surface area contributed by atoms with Crippen LogP contribution in [0.4, 0.5) is 0 Å². The second-order valence-corrected chi connectivity index (χ2v) is 9.85. The summed E-state index contributed by atoms with van der Waals surface area (Å²) in [5.41, 5.74) is 0.374. The Balaban J connectivity index is 1.96. The van der Waals surface area contributed by atoms with Crippen LogP contribution in [0.3, 0.4) is 0 Å². The van der Waals surface area contributed by atoms with Gasteiger partial charge in [0.25, 0.3) is 5.56 Å². The molecule has 0 radical (unpaired) electrons. The highest BCUT2D eigenvalue weighted by Crippen LogP contribution is 2.27. The van der Waals surface area contributed by atoms with E-state index in [2.05, 4.69) is 20.9 Å². The fourth-order valence-corrected chi connectivity index (χ4v) is 4.54. The average Bonchev–Trinajstić information content (AvgIpc) is 2.80. The van der Waals surface area contributed by atoms with E-state index >= 15 is 0 Å². The van der Waals surface area contributed by atoms with Crippen molar-refractivity contribution in [3.05, 3.63) is 104 Å². The molecule has 4 aromatic rings. The van der Waals surface area contributed by atoms with E-state index in [1.54, 1.807) is 67.6 Å². The molecule has 164 valence electrons. The molecule has 0 N–H and O–H groups in total. The highest BCUT2D eigenvalue weighted by molar-refractivity contribution is 9.10. The number of nitrogens with zero attached hydrogens (tertiary/aromatic N) is 3. The Hall–Kier alpha value is -3.74. The second kappa shape index (κ2) is 9.02. The van der Waals surface area contributed by atoms with Crippen molar-refractivity contribution in [3.8, 4) is 17.7 Å². The zero-order chi connectivity index (χ0) is 23.6. The Labute approximate surface area is 198 Å². The number of ether oxygens (including phenoxy) is 1. The molecular weight excluding hydrogens is 506 g/mol. The summed E-state index contributed by atoms with van der Waals surface area (Å²) in [7, 11) is -4.19. The number of aryl methyl sites for hydroxylation is 1. The zero-order valence-electron chi connectivity index (χ0n) is 17.3. The van der Waals surface area contributed by atoms with Gasteiger partial charge in [-0.2, -0.15) is 10.2 Å². The van der Waals surface area contributed by atoms with Gasteiger partial charge in [-0.3, -0.25) is 9.20 Å². The van der Waals surface area contributed by atoms with E-state index < -0.39 is 20.3 Å². The highest BCUT2D eigenvalue weighted by atomic mass is 79.9. The lowest BCUT2D eigenvalue weighted by atomic mass is 10.2. The van der Waals surface area contributed by atoms with E-state index in [1.165, 1.54) is 22.7 Å². The van der Waals surface area contributed by atoms with Crippen molar-refractivity contribution in [1.82, 2.24) is 9.38 Å². The maximum Gasteiger partial charge on any atom is 0.269 e. The van der Waals surface area contributed by atoms with E-state index in [9.17, 15) is 18.5 Å². The predicted molar refractivity (Wildman–Crippen MR) is 128 cm³/mol. The Kier molecular flexibility index (Phi) is 6.14. The van der Waals surface area contributed by atoms with Crippen molar-refractivity contribution >= 4 is 37.5 Å². The number of allylic oxidation sites excluding steroid dienone is 1. The molecule has 7 nitrogen and oxygen atoms in total. The van der Waals surface area contributed by atoms with Gasteiger partial charge >= 0.3 is 0 Å². The quantitative estimate of drug-likeness (QED) is 0.346. The summed E-state index contributed by atoms with van der Waals surface area (Å²) in [4.78, 5) is 17.1. The molecule has 0 aliphatic rings. The van der Waals surface area contributed by atoms with Gasteiger partial charge < -0.3 is 4.74 Å². The molecule has 2 aromatic heterocycles. The van der Waals surface area contributed by atoms with Gasteiger partial charge in [-0.1, -0.05) is 40.2 Å². The summed E-state index contributed by atoms with van der Waals surface area (Å²) < 4.78 is 34.0. The number of sulfone groups is 1. The molecule has 2 aromatic carbocycles. The van der Waals surface area contributed by atoms with Crippen LogP contribution >= 0.6 is 15.9 Å². The molecule has 33 heavy (non-hydrogen) atoms. The number of hydrogen-bond donors (Lipinski definition) is 0. The topological polar surface area (TPSA) is 102 Å². The number of fused-ring (bicyclic) bond motifs is 1. The van der Waals surface area contributed by atoms with Gasteiger partial charge in [0.1, 0.15) is 27.9 Å². The number of pyridine rings is 1. The fourth-order valence-electron chi connectivity index (χ4n) is 3.14. The summed E-state index contributed by atoms with van der Waals surface area (Å²) in [5, 5.41) is 9.69. The van der Waals surface area contributed by atoms with Crippen LogP contribution in [0.2, 0.25) is 0 Å². The molecule has 9 heteroatoms. The molecule has 0 atom stereocenters. The summed E-state index contributed by atoms with van der Waals surface area (Å²) in [6, 6.07) is 19.7. The van der Waals surface area contributed by atoms with Crippen LogP contribution in [0.1, 0.15) is 11.1 Å². The number of halogens is 1. The Morgan fingerprint density at radius 1 is 1.09 bits per heavy atom. The lowest BCUT2D eigenvalue weighted by Gasteiger charge is -2.11. The highest BCUT2D eigenvalue weighted by Gasteiger charge is 2.24. The molecule has 0 amide bonds. The minimum Gasteiger partial charge on any atom is -0.438 e. The number of para-hydroxylation sites is 1. The molecule has 2 heterocycles. The maximum atomic E-state index is 13.3. The maximum absolute atomic E-state index is 13.3. The molecule has 0 aliphatic carbocycles. The summed E-state index contributed by atoms with van der Waals surface area (Å²) in [6.07, 6.45) is 2.54. The third-order valence-electron chi connectivity index (χ3n) is 4.81. The lowest BCUT2D eigenvalue weighted by molar-refractivity contribution is 0.461. The van der Waals surface area contributed by atoms with Crippen LogP contribution in [0.15, 0.2) is 92.0 Å². The van der Waals surface area contributed by atoms with Crippen LogP contribution in [0.25, 0.3) is 11.7 Å². The number of aromatic nitrogens is 2. The lowest BCUT2D eigenvalue weighted by Crippen LogP contribution is -2.20. The molecule has 0 bridgehead atoms. The van der Waals surface area contributed by atoms with E-state index in [4.69, 9.17) is 4.74 Å². The van der Waals surface area contributed by atoms with Gasteiger partial charge in [0.05, 0.1) is 4.90 Å². The van der Waals surface area contributed by atoms with Gasteiger partial charge in [0.2, 0.25) is 15.7 Å². The first-order valence-electron chi connectivity index (χ1n) is 9.68. The Morgan fingerprint density at radius 2 is 1.79 bits per heavy atom. The smallest absolute Gasteiger partial charge is 0.269 e. The Morgan fingerprint density at radius 3 is 2.45 bits per heavy atom. The first kappa shape index (κ1) is 22.5. The van der Waals surface area contributed by atoms with E-state index in [1.807, 2.05) is 0 Å². The van der Waals surface area contributed by atoms with Crippen LogP contribution in [-0.2, 0) is 9.84 Å². The SMILES string of the molecule is Cc1cccn2c(=O)c(/C=C(\C#N)S(=O)(=O)c3ccc(Br)cc3)c(Oc3ccccc3)nc12. The van der Waals surface area contributed by atoms with Crippen molar-refractivity contribution in [3.63, 3.8) is 0 Å². The van der Waals surface area contributed by atoms with E-state index in [0.29, 0.717) is 15.9 Å².